The molecular formula is C19H21N3OS. The molecule has 0 saturated carbocycles. The first-order chi connectivity index (χ1) is 11.5. The Hall–Kier alpha value is -2.29. The van der Waals surface area contributed by atoms with Gasteiger partial charge >= 0.3 is 0 Å². The van der Waals surface area contributed by atoms with Crippen molar-refractivity contribution in [1.82, 2.24) is 4.90 Å². The summed E-state index contributed by atoms with van der Waals surface area (Å²) in [5.41, 5.74) is 2.34. The lowest BCUT2D eigenvalue weighted by Crippen LogP contribution is -2.39. The van der Waals surface area contributed by atoms with Gasteiger partial charge in [-0.15, -0.1) is 11.8 Å². The van der Waals surface area contributed by atoms with Crippen molar-refractivity contribution in [1.29, 1.82) is 5.26 Å². The van der Waals surface area contributed by atoms with Gasteiger partial charge in [-0.05, 0) is 56.1 Å². The molecule has 2 aromatic carbocycles. The van der Waals surface area contributed by atoms with Crippen LogP contribution >= 0.6 is 11.8 Å². The third-order valence-corrected chi connectivity index (χ3v) is 4.63. The van der Waals surface area contributed by atoms with Crippen LogP contribution in [0.2, 0.25) is 0 Å². The molecule has 1 unspecified atom stereocenters. The number of anilines is 1. The van der Waals surface area contributed by atoms with Crippen molar-refractivity contribution >= 4 is 23.4 Å². The normalized spacial score (nSPS) is 11.8. The molecule has 24 heavy (non-hydrogen) atoms. The average Bonchev–Trinajstić information content (AvgIpc) is 2.61. The lowest BCUT2D eigenvalue weighted by Gasteiger charge is -2.24. The average molecular weight is 339 g/mol. The van der Waals surface area contributed by atoms with Crippen LogP contribution in [0.4, 0.5) is 5.69 Å². The molecule has 2 aromatic rings. The standard InChI is InChI=1S/C19H21N3OS/c1-14(19(23)21-17-6-4-5-16(11-17)12-20)22(2)13-15-7-9-18(24-3)10-8-15/h4-11,14H,13H2,1-3H3,(H,21,23). The second-order valence-electron chi connectivity index (χ2n) is 5.62. The van der Waals surface area contributed by atoms with E-state index in [1.54, 1.807) is 36.0 Å². The Balaban J connectivity index is 1.97. The molecule has 0 aromatic heterocycles. The Morgan fingerprint density at radius 1 is 1.29 bits per heavy atom. The highest BCUT2D eigenvalue weighted by Crippen LogP contribution is 2.16. The molecule has 0 aliphatic heterocycles. The number of hydrogen-bond acceptors (Lipinski definition) is 4. The molecule has 0 saturated heterocycles. The van der Waals surface area contributed by atoms with E-state index in [4.69, 9.17) is 5.26 Å². The Labute approximate surface area is 147 Å². The van der Waals surface area contributed by atoms with Crippen molar-refractivity contribution in [3.05, 3.63) is 59.7 Å². The third kappa shape index (κ3) is 4.85. The van der Waals surface area contributed by atoms with Crippen LogP contribution in [0.5, 0.6) is 0 Å². The van der Waals surface area contributed by atoms with E-state index in [0.717, 1.165) is 0 Å². The van der Waals surface area contributed by atoms with Crippen molar-refractivity contribution in [2.75, 3.05) is 18.6 Å². The zero-order valence-corrected chi connectivity index (χ0v) is 14.9. The highest BCUT2D eigenvalue weighted by molar-refractivity contribution is 7.98. The zero-order valence-electron chi connectivity index (χ0n) is 14.1. The molecule has 124 valence electrons. The number of thioether (sulfide) groups is 1. The number of amides is 1. The molecule has 0 fully saturated rings. The van der Waals surface area contributed by atoms with Gasteiger partial charge < -0.3 is 5.32 Å². The summed E-state index contributed by atoms with van der Waals surface area (Å²) in [5, 5.41) is 11.8. The number of carbonyl (C=O) groups is 1. The number of nitrogens with zero attached hydrogens (tertiary/aromatic N) is 2. The molecular weight excluding hydrogens is 318 g/mol. The van der Waals surface area contributed by atoms with Gasteiger partial charge in [-0.1, -0.05) is 18.2 Å². The fourth-order valence-electron chi connectivity index (χ4n) is 2.27. The van der Waals surface area contributed by atoms with E-state index in [1.165, 1.54) is 10.5 Å². The minimum Gasteiger partial charge on any atom is -0.325 e. The van der Waals surface area contributed by atoms with Gasteiger partial charge in [-0.3, -0.25) is 9.69 Å². The molecule has 0 spiro atoms. The van der Waals surface area contributed by atoms with Crippen LogP contribution in [0.25, 0.3) is 0 Å². The number of benzene rings is 2. The van der Waals surface area contributed by atoms with Gasteiger partial charge in [0.1, 0.15) is 0 Å². The summed E-state index contributed by atoms with van der Waals surface area (Å²) in [6.07, 6.45) is 2.05. The number of likely N-dealkylation sites (N-methyl/N-ethyl adjacent to an activating group) is 1. The maximum atomic E-state index is 12.4. The van der Waals surface area contributed by atoms with Crippen LogP contribution in [0.1, 0.15) is 18.1 Å². The maximum absolute atomic E-state index is 12.4. The van der Waals surface area contributed by atoms with Crippen LogP contribution in [-0.4, -0.2) is 30.2 Å². The summed E-state index contributed by atoms with van der Waals surface area (Å²) < 4.78 is 0. The van der Waals surface area contributed by atoms with Gasteiger partial charge in [0, 0.05) is 17.1 Å². The molecule has 0 aliphatic carbocycles. The Kier molecular flexibility index (Phi) is 6.42. The number of nitrogens with one attached hydrogen (secondary N) is 1. The van der Waals surface area contributed by atoms with Crippen LogP contribution in [0, 0.1) is 11.3 Å². The maximum Gasteiger partial charge on any atom is 0.241 e. The Morgan fingerprint density at radius 2 is 2.00 bits per heavy atom. The van der Waals surface area contributed by atoms with Gasteiger partial charge in [-0.25, -0.2) is 0 Å². The predicted molar refractivity (Wildman–Crippen MR) is 98.9 cm³/mol. The van der Waals surface area contributed by atoms with Crippen LogP contribution < -0.4 is 5.32 Å². The molecule has 0 bridgehead atoms. The van der Waals surface area contributed by atoms with E-state index < -0.39 is 0 Å². The molecule has 1 amide bonds. The molecule has 1 atom stereocenters. The van der Waals surface area contributed by atoms with Gasteiger partial charge in [0.15, 0.2) is 0 Å². The number of nitriles is 1. The Bertz CT molecular complexity index is 737. The zero-order chi connectivity index (χ0) is 17.5. The van der Waals surface area contributed by atoms with Crippen molar-refractivity contribution in [3.8, 4) is 6.07 Å². The van der Waals surface area contributed by atoms with Crippen molar-refractivity contribution in [2.45, 2.75) is 24.4 Å². The third-order valence-electron chi connectivity index (χ3n) is 3.89. The smallest absolute Gasteiger partial charge is 0.241 e. The summed E-state index contributed by atoms with van der Waals surface area (Å²) in [6.45, 7) is 2.57. The van der Waals surface area contributed by atoms with E-state index >= 15 is 0 Å². The second-order valence-corrected chi connectivity index (χ2v) is 6.50. The first-order valence-corrected chi connectivity index (χ1v) is 8.90. The minimum atomic E-state index is -0.282. The van der Waals surface area contributed by atoms with Crippen LogP contribution in [0.3, 0.4) is 0 Å². The van der Waals surface area contributed by atoms with Crippen molar-refractivity contribution in [2.24, 2.45) is 0 Å². The molecule has 0 radical (unpaired) electrons. The quantitative estimate of drug-likeness (QED) is 0.815. The van der Waals surface area contributed by atoms with E-state index in [1.807, 2.05) is 18.9 Å². The second kappa shape index (κ2) is 8.53. The largest absolute Gasteiger partial charge is 0.325 e. The van der Waals surface area contributed by atoms with E-state index in [2.05, 4.69) is 41.9 Å². The van der Waals surface area contributed by atoms with Gasteiger partial charge in [0.25, 0.3) is 0 Å². The van der Waals surface area contributed by atoms with Gasteiger partial charge in [-0.2, -0.15) is 5.26 Å². The summed E-state index contributed by atoms with van der Waals surface area (Å²) in [6, 6.07) is 17.1. The predicted octanol–water partition coefficient (Wildman–Crippen LogP) is 3.74. The first kappa shape index (κ1) is 18.1. The SMILES string of the molecule is CSc1ccc(CN(C)C(C)C(=O)Nc2cccc(C#N)c2)cc1. The monoisotopic (exact) mass is 339 g/mol. The lowest BCUT2D eigenvalue weighted by molar-refractivity contribution is -0.120. The summed E-state index contributed by atoms with van der Waals surface area (Å²) in [7, 11) is 1.93. The first-order valence-electron chi connectivity index (χ1n) is 7.67. The number of hydrogen-bond donors (Lipinski definition) is 1. The minimum absolute atomic E-state index is 0.0895. The summed E-state index contributed by atoms with van der Waals surface area (Å²) in [4.78, 5) is 15.6. The van der Waals surface area contributed by atoms with Crippen molar-refractivity contribution in [3.63, 3.8) is 0 Å². The molecule has 4 nitrogen and oxygen atoms in total. The van der Waals surface area contributed by atoms with Gasteiger partial charge in [0.05, 0.1) is 17.7 Å². The van der Waals surface area contributed by atoms with E-state index in [9.17, 15) is 4.79 Å². The summed E-state index contributed by atoms with van der Waals surface area (Å²) in [5.74, 6) is -0.0895. The number of carbonyl (C=O) groups excluding carboxylic acids is 1. The fourth-order valence-corrected chi connectivity index (χ4v) is 2.68. The lowest BCUT2D eigenvalue weighted by atomic mass is 10.1. The number of rotatable bonds is 6. The highest BCUT2D eigenvalue weighted by atomic mass is 32.2. The van der Waals surface area contributed by atoms with E-state index in [0.29, 0.717) is 17.8 Å². The molecule has 2 rings (SSSR count). The molecule has 5 heteroatoms. The molecule has 0 aliphatic rings. The highest BCUT2D eigenvalue weighted by Gasteiger charge is 2.18. The molecule has 1 N–H and O–H groups in total. The van der Waals surface area contributed by atoms with Gasteiger partial charge in [0.2, 0.25) is 5.91 Å². The topological polar surface area (TPSA) is 56.1 Å². The Morgan fingerprint density at radius 3 is 2.62 bits per heavy atom. The van der Waals surface area contributed by atoms with Crippen LogP contribution in [0.15, 0.2) is 53.4 Å². The van der Waals surface area contributed by atoms with Crippen LogP contribution in [-0.2, 0) is 11.3 Å². The molecule has 0 heterocycles. The summed E-state index contributed by atoms with van der Waals surface area (Å²) >= 11 is 1.71. The van der Waals surface area contributed by atoms with E-state index in [-0.39, 0.29) is 11.9 Å². The fraction of sp³-hybridized carbons (Fsp3) is 0.263. The van der Waals surface area contributed by atoms with Crippen molar-refractivity contribution < 1.29 is 4.79 Å².